The summed E-state index contributed by atoms with van der Waals surface area (Å²) < 4.78 is 30.9. The molecule has 2 amide bonds. The van der Waals surface area contributed by atoms with Crippen LogP contribution < -0.4 is 0 Å². The molecule has 0 radical (unpaired) electrons. The van der Waals surface area contributed by atoms with Crippen LogP contribution in [0.2, 0.25) is 0 Å². The van der Waals surface area contributed by atoms with Gasteiger partial charge in [0.2, 0.25) is 21.8 Å². The van der Waals surface area contributed by atoms with E-state index in [-0.39, 0.29) is 30.4 Å². The van der Waals surface area contributed by atoms with E-state index in [1.165, 1.54) is 17.7 Å². The van der Waals surface area contributed by atoms with Gasteiger partial charge in [-0.2, -0.15) is 0 Å². The smallest absolute Gasteiger partial charge is 0.248 e. The fraction of sp³-hybridized carbons (Fsp3) is 0.882. The third-order valence-corrected chi connectivity index (χ3v) is 7.83. The summed E-state index contributed by atoms with van der Waals surface area (Å²) in [6.07, 6.45) is 3.21. The molecule has 8 nitrogen and oxygen atoms in total. The first-order valence-electron chi connectivity index (χ1n) is 9.20. The molecule has 0 aromatic rings. The van der Waals surface area contributed by atoms with E-state index in [0.29, 0.717) is 52.0 Å². The highest BCUT2D eigenvalue weighted by Gasteiger charge is 2.66. The Kier molecular flexibility index (Phi) is 5.09. The summed E-state index contributed by atoms with van der Waals surface area (Å²) in [4.78, 5) is 29.0. The number of piperidine rings is 1. The second kappa shape index (κ2) is 6.76. The fourth-order valence-electron chi connectivity index (χ4n) is 5.06. The Balaban J connectivity index is 1.89. The van der Waals surface area contributed by atoms with E-state index in [1.807, 2.05) is 11.8 Å². The van der Waals surface area contributed by atoms with Gasteiger partial charge in [-0.05, 0) is 26.2 Å². The number of nitrogens with zero attached hydrogens (tertiary/aromatic N) is 3. The highest BCUT2D eigenvalue weighted by atomic mass is 32.2. The summed E-state index contributed by atoms with van der Waals surface area (Å²) in [5.74, 6) is 0.0325. The minimum absolute atomic E-state index is 0.0517. The van der Waals surface area contributed by atoms with Gasteiger partial charge in [-0.25, -0.2) is 12.7 Å². The number of ether oxygens (including phenoxy) is 1. The van der Waals surface area contributed by atoms with Crippen molar-refractivity contribution in [2.24, 2.45) is 10.8 Å². The predicted molar refractivity (Wildman–Crippen MR) is 95.8 cm³/mol. The van der Waals surface area contributed by atoms with Crippen LogP contribution in [-0.2, 0) is 24.3 Å². The number of likely N-dealkylation sites (tertiary alicyclic amines) is 2. The Hall–Kier alpha value is -1.19. The number of amides is 2. The standard InChI is InChI=1S/C17H29N3O5S/c1-4-18-10-7-17(15(18)22)13-20(26(3,23)24)12-16(17)5-8-19(9-6-16)14(21)11-25-2/h4-13H2,1-3H3. The van der Waals surface area contributed by atoms with Crippen LogP contribution in [0.4, 0.5) is 0 Å². The second-order valence-corrected chi connectivity index (χ2v) is 9.82. The maximum Gasteiger partial charge on any atom is 0.248 e. The first-order valence-corrected chi connectivity index (χ1v) is 11.1. The van der Waals surface area contributed by atoms with Crippen molar-refractivity contribution >= 4 is 21.8 Å². The molecule has 0 aliphatic carbocycles. The van der Waals surface area contributed by atoms with Crippen molar-refractivity contribution in [3.05, 3.63) is 0 Å². The molecule has 3 heterocycles. The SMILES string of the molecule is CCN1CCC2(CN(S(C)(=O)=O)CC23CCN(C(=O)COC)CC3)C1=O. The average molecular weight is 388 g/mol. The zero-order valence-electron chi connectivity index (χ0n) is 15.9. The van der Waals surface area contributed by atoms with E-state index in [1.54, 1.807) is 4.90 Å². The maximum absolute atomic E-state index is 13.2. The highest BCUT2D eigenvalue weighted by Crippen LogP contribution is 2.58. The zero-order chi connectivity index (χ0) is 19.2. The number of methoxy groups -OCH3 is 1. The monoisotopic (exact) mass is 387 g/mol. The number of carbonyl (C=O) groups excluding carboxylic acids is 2. The predicted octanol–water partition coefficient (Wildman–Crippen LogP) is -0.245. The first-order chi connectivity index (χ1) is 12.2. The van der Waals surface area contributed by atoms with E-state index < -0.39 is 15.4 Å². The first kappa shape index (κ1) is 19.6. The van der Waals surface area contributed by atoms with Gasteiger partial charge in [0, 0.05) is 51.8 Å². The van der Waals surface area contributed by atoms with Gasteiger partial charge >= 0.3 is 0 Å². The normalized spacial score (nSPS) is 29.3. The number of carbonyl (C=O) groups is 2. The minimum Gasteiger partial charge on any atom is -0.375 e. The number of hydrogen-bond donors (Lipinski definition) is 0. The summed E-state index contributed by atoms with van der Waals surface area (Å²) in [5.41, 5.74) is -1.04. The summed E-state index contributed by atoms with van der Waals surface area (Å²) >= 11 is 0. The molecule has 0 N–H and O–H groups in total. The van der Waals surface area contributed by atoms with Gasteiger partial charge in [0.1, 0.15) is 6.61 Å². The Morgan fingerprint density at radius 2 is 1.81 bits per heavy atom. The van der Waals surface area contributed by atoms with Gasteiger partial charge < -0.3 is 14.5 Å². The Morgan fingerprint density at radius 1 is 1.15 bits per heavy atom. The van der Waals surface area contributed by atoms with Crippen LogP contribution in [0.15, 0.2) is 0 Å². The molecule has 3 fully saturated rings. The minimum atomic E-state index is -3.37. The Morgan fingerprint density at radius 3 is 2.31 bits per heavy atom. The number of rotatable bonds is 4. The lowest BCUT2D eigenvalue weighted by Crippen LogP contribution is -2.54. The molecule has 9 heteroatoms. The number of sulfonamides is 1. The lowest BCUT2D eigenvalue weighted by atomic mass is 9.60. The average Bonchev–Trinajstić information content (AvgIpc) is 3.08. The van der Waals surface area contributed by atoms with Crippen LogP contribution in [0.3, 0.4) is 0 Å². The summed E-state index contributed by atoms with van der Waals surface area (Å²) in [6.45, 7) is 5.07. The van der Waals surface area contributed by atoms with Crippen molar-refractivity contribution in [2.45, 2.75) is 26.2 Å². The van der Waals surface area contributed by atoms with Gasteiger partial charge in [-0.3, -0.25) is 9.59 Å². The van der Waals surface area contributed by atoms with Crippen LogP contribution in [-0.4, -0.2) is 93.6 Å². The van der Waals surface area contributed by atoms with Crippen molar-refractivity contribution in [3.8, 4) is 0 Å². The van der Waals surface area contributed by atoms with Crippen LogP contribution in [0.1, 0.15) is 26.2 Å². The zero-order valence-corrected chi connectivity index (χ0v) is 16.7. The molecule has 3 aliphatic rings. The van der Waals surface area contributed by atoms with Crippen molar-refractivity contribution < 1.29 is 22.7 Å². The number of hydrogen-bond acceptors (Lipinski definition) is 5. The number of fused-ring (bicyclic) bond motifs is 1. The summed E-state index contributed by atoms with van der Waals surface area (Å²) in [5, 5.41) is 0. The Labute approximate surface area is 155 Å². The molecule has 0 bridgehead atoms. The van der Waals surface area contributed by atoms with Crippen molar-refractivity contribution in [3.63, 3.8) is 0 Å². The summed E-state index contributed by atoms with van der Waals surface area (Å²) in [6, 6.07) is 0. The molecule has 0 aromatic carbocycles. The van der Waals surface area contributed by atoms with Gasteiger partial charge in [-0.1, -0.05) is 0 Å². The van der Waals surface area contributed by atoms with Crippen LogP contribution in [0.25, 0.3) is 0 Å². The molecule has 3 saturated heterocycles. The van der Waals surface area contributed by atoms with E-state index in [9.17, 15) is 18.0 Å². The lowest BCUT2D eigenvalue weighted by molar-refractivity contribution is -0.145. The van der Waals surface area contributed by atoms with Crippen molar-refractivity contribution in [1.29, 1.82) is 0 Å². The van der Waals surface area contributed by atoms with Gasteiger partial charge in [0.15, 0.2) is 0 Å². The molecule has 3 rings (SSSR count). The largest absolute Gasteiger partial charge is 0.375 e. The van der Waals surface area contributed by atoms with Gasteiger partial charge in [-0.15, -0.1) is 0 Å². The third-order valence-electron chi connectivity index (χ3n) is 6.64. The molecule has 1 atom stereocenters. The summed E-state index contributed by atoms with van der Waals surface area (Å²) in [7, 11) is -1.87. The topological polar surface area (TPSA) is 87.2 Å². The van der Waals surface area contributed by atoms with E-state index in [0.717, 1.165) is 0 Å². The molecule has 0 aromatic heterocycles. The molecule has 26 heavy (non-hydrogen) atoms. The molecular formula is C17H29N3O5S. The third kappa shape index (κ3) is 2.93. The maximum atomic E-state index is 13.2. The van der Waals surface area contributed by atoms with Crippen molar-refractivity contribution in [1.82, 2.24) is 14.1 Å². The molecule has 148 valence electrons. The Bertz CT molecular complexity index is 687. The van der Waals surface area contributed by atoms with Crippen LogP contribution in [0.5, 0.6) is 0 Å². The fourth-order valence-corrected chi connectivity index (χ4v) is 6.00. The van der Waals surface area contributed by atoms with Gasteiger partial charge in [0.25, 0.3) is 0 Å². The highest BCUT2D eigenvalue weighted by molar-refractivity contribution is 7.88. The van der Waals surface area contributed by atoms with Crippen LogP contribution >= 0.6 is 0 Å². The van der Waals surface area contributed by atoms with Crippen LogP contribution in [0, 0.1) is 10.8 Å². The van der Waals surface area contributed by atoms with E-state index >= 15 is 0 Å². The molecule has 2 spiro atoms. The lowest BCUT2D eigenvalue weighted by Gasteiger charge is -2.46. The second-order valence-electron chi connectivity index (χ2n) is 7.84. The van der Waals surface area contributed by atoms with E-state index in [4.69, 9.17) is 4.74 Å². The van der Waals surface area contributed by atoms with Gasteiger partial charge in [0.05, 0.1) is 11.7 Å². The quantitative estimate of drug-likeness (QED) is 0.664. The molecular weight excluding hydrogens is 358 g/mol. The molecule has 3 aliphatic heterocycles. The van der Waals surface area contributed by atoms with Crippen molar-refractivity contribution in [2.75, 3.05) is 59.2 Å². The molecule has 0 saturated carbocycles. The molecule has 1 unspecified atom stereocenters. The van der Waals surface area contributed by atoms with E-state index in [2.05, 4.69) is 0 Å².